The van der Waals surface area contributed by atoms with Crippen molar-refractivity contribution in [3.63, 3.8) is 0 Å². The van der Waals surface area contributed by atoms with Crippen LogP contribution in [0.2, 0.25) is 0 Å². The van der Waals surface area contributed by atoms with E-state index in [9.17, 15) is 5.11 Å². The number of hydrogen-bond acceptors (Lipinski definition) is 3. The van der Waals surface area contributed by atoms with Crippen LogP contribution in [0, 0.1) is 0 Å². The Bertz CT molecular complexity index is 535. The van der Waals surface area contributed by atoms with Crippen molar-refractivity contribution in [2.75, 3.05) is 0 Å². The molecule has 4 heteroatoms. The first-order valence-corrected chi connectivity index (χ1v) is 7.59. The molecule has 0 aliphatic rings. The first-order valence-electron chi connectivity index (χ1n) is 7.59. The van der Waals surface area contributed by atoms with E-state index in [-0.39, 0.29) is 5.76 Å². The van der Waals surface area contributed by atoms with E-state index in [1.807, 2.05) is 46.8 Å². The predicted molar refractivity (Wildman–Crippen MR) is 98.4 cm³/mol. The molecule has 0 fully saturated rings. The van der Waals surface area contributed by atoms with Gasteiger partial charge in [-0.3, -0.25) is 0 Å². The lowest BCUT2D eigenvalue weighted by Gasteiger charge is -2.03. The first kappa shape index (κ1) is 21.9. The molecule has 0 spiro atoms. The Morgan fingerprint density at radius 2 is 1.59 bits per heavy atom. The van der Waals surface area contributed by atoms with E-state index in [1.54, 1.807) is 31.2 Å². The number of aromatic nitrogens is 3. The second kappa shape index (κ2) is 13.6. The highest BCUT2D eigenvalue weighted by atomic mass is 16.3. The smallest absolute Gasteiger partial charge is 0.138 e. The number of aliphatic hydroxyl groups is 1. The van der Waals surface area contributed by atoms with E-state index in [1.165, 1.54) is 4.80 Å². The molecule has 0 atom stereocenters. The van der Waals surface area contributed by atoms with Gasteiger partial charge in [0.05, 0.1) is 0 Å². The monoisotopic (exact) mass is 303 g/mol. The van der Waals surface area contributed by atoms with Crippen molar-refractivity contribution < 1.29 is 5.11 Å². The van der Waals surface area contributed by atoms with Crippen molar-refractivity contribution in [1.82, 2.24) is 15.0 Å². The second-order valence-electron chi connectivity index (χ2n) is 3.43. The van der Waals surface area contributed by atoms with E-state index < -0.39 is 0 Å². The highest BCUT2D eigenvalue weighted by molar-refractivity contribution is 5.63. The van der Waals surface area contributed by atoms with Gasteiger partial charge in [0.15, 0.2) is 0 Å². The van der Waals surface area contributed by atoms with E-state index in [2.05, 4.69) is 23.4 Å². The Morgan fingerprint density at radius 3 is 2.00 bits per heavy atom. The van der Waals surface area contributed by atoms with E-state index in [4.69, 9.17) is 0 Å². The molecule has 122 valence electrons. The number of aliphatic hydroxyl groups excluding tert-OH is 1. The molecule has 0 saturated carbocycles. The van der Waals surface area contributed by atoms with Crippen molar-refractivity contribution >= 4 is 17.8 Å². The number of allylic oxidation sites excluding steroid dienone is 5. The Hall–Kier alpha value is -2.36. The maximum atomic E-state index is 9.81. The molecule has 1 N–H and O–H groups in total. The van der Waals surface area contributed by atoms with Crippen LogP contribution in [-0.4, -0.2) is 20.1 Å². The van der Waals surface area contributed by atoms with Crippen LogP contribution in [0.5, 0.6) is 0 Å². The molecule has 22 heavy (non-hydrogen) atoms. The highest BCUT2D eigenvalue weighted by Gasteiger charge is 2.11. The van der Waals surface area contributed by atoms with E-state index in [0.717, 1.165) is 0 Å². The fraction of sp³-hybridized carbons (Fsp3) is 0.333. The van der Waals surface area contributed by atoms with Crippen LogP contribution < -0.4 is 0 Å². The standard InChI is InChI=1S/C14H17N3O.2C2H6/c1-5-9-12-11(7-3)15-17(16-12)13(10-6-2)14(18)8-4;2*1-2/h5-10,18H,2-3H2,1,4H3;2*1-2H3/b9-5-,13-10+,14-8+;;. The maximum Gasteiger partial charge on any atom is 0.138 e. The van der Waals surface area contributed by atoms with Crippen LogP contribution in [0.15, 0.2) is 43.2 Å². The van der Waals surface area contributed by atoms with Crippen LogP contribution in [-0.2, 0) is 0 Å². The normalized spacial score (nSPS) is 11.2. The number of rotatable bonds is 5. The van der Waals surface area contributed by atoms with Gasteiger partial charge < -0.3 is 5.11 Å². The molecule has 1 aromatic rings. The molecule has 0 saturated heterocycles. The molecular formula is C18H29N3O. The van der Waals surface area contributed by atoms with Crippen LogP contribution in [0.1, 0.15) is 52.9 Å². The van der Waals surface area contributed by atoms with E-state index >= 15 is 0 Å². The zero-order chi connectivity index (χ0) is 17.5. The van der Waals surface area contributed by atoms with Crippen molar-refractivity contribution in [2.24, 2.45) is 0 Å². The fourth-order valence-electron chi connectivity index (χ4n) is 1.37. The average molecular weight is 303 g/mol. The Morgan fingerprint density at radius 1 is 1.05 bits per heavy atom. The van der Waals surface area contributed by atoms with Crippen molar-refractivity contribution in [3.8, 4) is 0 Å². The second-order valence-corrected chi connectivity index (χ2v) is 3.43. The van der Waals surface area contributed by atoms with Gasteiger partial charge in [-0.2, -0.15) is 0 Å². The maximum absolute atomic E-state index is 9.81. The number of hydrogen-bond donors (Lipinski definition) is 1. The Kier molecular flexibility index (Phi) is 13.6. The summed E-state index contributed by atoms with van der Waals surface area (Å²) in [6.07, 6.45) is 10.1. The molecule has 0 radical (unpaired) electrons. The summed E-state index contributed by atoms with van der Waals surface area (Å²) < 4.78 is 0. The van der Waals surface area contributed by atoms with Gasteiger partial charge in [-0.1, -0.05) is 53.0 Å². The zero-order valence-corrected chi connectivity index (χ0v) is 14.7. The van der Waals surface area contributed by atoms with Crippen molar-refractivity contribution in [2.45, 2.75) is 41.5 Å². The minimum absolute atomic E-state index is 0.0903. The lowest BCUT2D eigenvalue weighted by Crippen LogP contribution is -2.04. The van der Waals surface area contributed by atoms with E-state index in [0.29, 0.717) is 17.1 Å². The molecule has 4 nitrogen and oxygen atoms in total. The third-order valence-corrected chi connectivity index (χ3v) is 2.21. The van der Waals surface area contributed by atoms with Gasteiger partial charge in [-0.25, -0.2) is 0 Å². The number of nitrogens with zero attached hydrogens (tertiary/aromatic N) is 3. The summed E-state index contributed by atoms with van der Waals surface area (Å²) in [5.74, 6) is 0.0903. The van der Waals surface area contributed by atoms with Crippen LogP contribution in [0.25, 0.3) is 17.8 Å². The molecule has 0 unspecified atom stereocenters. The lowest BCUT2D eigenvalue weighted by molar-refractivity contribution is 0.427. The molecular weight excluding hydrogens is 274 g/mol. The van der Waals surface area contributed by atoms with Crippen LogP contribution in [0.3, 0.4) is 0 Å². The summed E-state index contributed by atoms with van der Waals surface area (Å²) >= 11 is 0. The van der Waals surface area contributed by atoms with Gasteiger partial charge in [0, 0.05) is 0 Å². The third kappa shape index (κ3) is 6.39. The molecule has 0 aliphatic carbocycles. The van der Waals surface area contributed by atoms with Crippen LogP contribution >= 0.6 is 0 Å². The summed E-state index contributed by atoms with van der Waals surface area (Å²) in [5, 5.41) is 18.3. The molecule has 1 heterocycles. The summed E-state index contributed by atoms with van der Waals surface area (Å²) in [6, 6.07) is 0. The minimum atomic E-state index is 0.0903. The van der Waals surface area contributed by atoms with Gasteiger partial charge in [-0.05, 0) is 38.2 Å². The van der Waals surface area contributed by atoms with Crippen molar-refractivity contribution in [1.29, 1.82) is 0 Å². The van der Waals surface area contributed by atoms with Crippen LogP contribution in [0.4, 0.5) is 0 Å². The summed E-state index contributed by atoms with van der Waals surface area (Å²) in [5.41, 5.74) is 1.82. The molecule has 0 bridgehead atoms. The zero-order valence-electron chi connectivity index (χ0n) is 14.7. The predicted octanol–water partition coefficient (Wildman–Crippen LogP) is 5.50. The first-order chi connectivity index (χ1) is 10.7. The highest BCUT2D eigenvalue weighted by Crippen LogP contribution is 2.15. The topological polar surface area (TPSA) is 50.9 Å². The quantitative estimate of drug-likeness (QED) is 0.577. The molecule has 1 aromatic heterocycles. The lowest BCUT2D eigenvalue weighted by atomic mass is 10.3. The fourth-order valence-corrected chi connectivity index (χ4v) is 1.37. The Labute approximate surface area is 134 Å². The van der Waals surface area contributed by atoms with Gasteiger partial charge in [0.25, 0.3) is 0 Å². The van der Waals surface area contributed by atoms with Gasteiger partial charge >= 0.3 is 0 Å². The Balaban J connectivity index is 0. The van der Waals surface area contributed by atoms with Gasteiger partial charge in [0.1, 0.15) is 22.8 Å². The molecule has 0 aromatic carbocycles. The average Bonchev–Trinajstić information content (AvgIpc) is 2.98. The van der Waals surface area contributed by atoms with Crippen molar-refractivity contribution in [3.05, 3.63) is 54.6 Å². The third-order valence-electron chi connectivity index (χ3n) is 2.21. The summed E-state index contributed by atoms with van der Waals surface area (Å²) in [6.45, 7) is 18.9. The summed E-state index contributed by atoms with van der Waals surface area (Å²) in [7, 11) is 0. The molecule has 0 aliphatic heterocycles. The van der Waals surface area contributed by atoms with Gasteiger partial charge in [-0.15, -0.1) is 15.0 Å². The minimum Gasteiger partial charge on any atom is -0.506 e. The SMILES string of the molecule is C=C/C=C(\C(O)=C/C)n1nc(C=C)c(/C=C\C)n1.CC.CC. The summed E-state index contributed by atoms with van der Waals surface area (Å²) in [4.78, 5) is 1.36. The van der Waals surface area contributed by atoms with Gasteiger partial charge in [0.2, 0.25) is 0 Å². The molecule has 0 amide bonds. The largest absolute Gasteiger partial charge is 0.506 e. The molecule has 1 rings (SSSR count).